The first kappa shape index (κ1) is 14.7. The number of amides is 1. The number of anilines is 1. The molecule has 0 aliphatic rings. The van der Waals surface area contributed by atoms with Crippen LogP contribution in [0, 0.1) is 0 Å². The Morgan fingerprint density at radius 1 is 1.19 bits per heavy atom. The van der Waals surface area contributed by atoms with Crippen molar-refractivity contribution in [3.8, 4) is 11.5 Å². The second-order valence-corrected chi connectivity index (χ2v) is 4.50. The van der Waals surface area contributed by atoms with Crippen LogP contribution in [0.3, 0.4) is 0 Å². The highest BCUT2D eigenvalue weighted by molar-refractivity contribution is 5.94. The van der Waals surface area contributed by atoms with Crippen molar-refractivity contribution in [2.24, 2.45) is 0 Å². The Balaban J connectivity index is 2.01. The Morgan fingerprint density at radius 2 is 1.90 bits per heavy atom. The first-order valence-corrected chi connectivity index (χ1v) is 6.56. The number of phenols is 1. The first-order chi connectivity index (χ1) is 10.1. The maximum Gasteiger partial charge on any atom is 0.251 e. The van der Waals surface area contributed by atoms with Gasteiger partial charge in [-0.25, -0.2) is 0 Å². The summed E-state index contributed by atoms with van der Waals surface area (Å²) < 4.78 is 5.04. The Morgan fingerprint density at radius 3 is 2.48 bits per heavy atom. The van der Waals surface area contributed by atoms with Crippen LogP contribution >= 0.6 is 0 Å². The number of hydrogen-bond donors (Lipinski definition) is 3. The van der Waals surface area contributed by atoms with Gasteiger partial charge in [-0.3, -0.25) is 4.79 Å². The summed E-state index contributed by atoms with van der Waals surface area (Å²) in [5.74, 6) is 0.685. The van der Waals surface area contributed by atoms with Crippen LogP contribution in [-0.4, -0.2) is 25.2 Å². The van der Waals surface area contributed by atoms with Crippen molar-refractivity contribution in [2.45, 2.75) is 6.54 Å². The molecule has 0 spiro atoms. The van der Waals surface area contributed by atoms with Crippen LogP contribution in [0.1, 0.15) is 15.9 Å². The van der Waals surface area contributed by atoms with Gasteiger partial charge in [0.2, 0.25) is 0 Å². The van der Waals surface area contributed by atoms with E-state index < -0.39 is 0 Å². The molecular formula is C16H18N2O3. The summed E-state index contributed by atoms with van der Waals surface area (Å²) in [5, 5.41) is 15.6. The molecule has 5 heteroatoms. The molecule has 0 saturated carbocycles. The van der Waals surface area contributed by atoms with E-state index in [0.717, 1.165) is 11.3 Å². The number of phenolic OH excluding ortho intramolecular Hbond substituents is 1. The zero-order valence-corrected chi connectivity index (χ0v) is 12.0. The van der Waals surface area contributed by atoms with E-state index in [2.05, 4.69) is 10.6 Å². The molecule has 0 aliphatic carbocycles. The minimum Gasteiger partial charge on any atom is -0.507 e. The van der Waals surface area contributed by atoms with E-state index in [-0.39, 0.29) is 11.7 Å². The molecule has 110 valence electrons. The molecule has 0 saturated heterocycles. The number of benzene rings is 2. The van der Waals surface area contributed by atoms with Crippen LogP contribution in [0.2, 0.25) is 0 Å². The maximum atomic E-state index is 11.4. The van der Waals surface area contributed by atoms with E-state index in [9.17, 15) is 9.90 Å². The molecule has 2 rings (SSSR count). The summed E-state index contributed by atoms with van der Waals surface area (Å²) in [4.78, 5) is 11.4. The molecule has 2 aromatic rings. The van der Waals surface area contributed by atoms with Gasteiger partial charge in [-0.1, -0.05) is 0 Å². The Kier molecular flexibility index (Phi) is 4.66. The van der Waals surface area contributed by atoms with Gasteiger partial charge in [0.1, 0.15) is 11.5 Å². The second-order valence-electron chi connectivity index (χ2n) is 4.50. The van der Waals surface area contributed by atoms with Crippen molar-refractivity contribution in [3.05, 3.63) is 53.6 Å². The molecular weight excluding hydrogens is 268 g/mol. The molecule has 0 atom stereocenters. The second kappa shape index (κ2) is 6.65. The van der Waals surface area contributed by atoms with Gasteiger partial charge < -0.3 is 20.5 Å². The van der Waals surface area contributed by atoms with Crippen molar-refractivity contribution < 1.29 is 14.6 Å². The van der Waals surface area contributed by atoms with Gasteiger partial charge in [-0.2, -0.15) is 0 Å². The lowest BCUT2D eigenvalue weighted by atomic mass is 10.1. The molecule has 0 unspecified atom stereocenters. The standard InChI is InChI=1S/C16H18N2O3/c1-17-16(20)11-3-6-13(7-4-11)18-10-12-5-8-14(21-2)9-15(12)19/h3-9,18-19H,10H2,1-2H3,(H,17,20). The van der Waals surface area contributed by atoms with Gasteiger partial charge in [0, 0.05) is 36.5 Å². The molecule has 21 heavy (non-hydrogen) atoms. The molecule has 1 amide bonds. The fourth-order valence-corrected chi connectivity index (χ4v) is 1.90. The smallest absolute Gasteiger partial charge is 0.251 e. The maximum absolute atomic E-state index is 11.4. The zero-order valence-electron chi connectivity index (χ0n) is 12.0. The molecule has 0 fully saturated rings. The van der Waals surface area contributed by atoms with Gasteiger partial charge in [0.05, 0.1) is 7.11 Å². The molecule has 0 bridgehead atoms. The normalized spacial score (nSPS) is 10.0. The van der Waals surface area contributed by atoms with Crippen LogP contribution in [0.15, 0.2) is 42.5 Å². The number of methoxy groups -OCH3 is 1. The number of rotatable bonds is 5. The fraction of sp³-hybridized carbons (Fsp3) is 0.188. The molecule has 0 aromatic heterocycles. The Hall–Kier alpha value is -2.69. The Labute approximate surface area is 123 Å². The summed E-state index contributed by atoms with van der Waals surface area (Å²) >= 11 is 0. The highest BCUT2D eigenvalue weighted by atomic mass is 16.5. The van der Waals surface area contributed by atoms with Crippen LogP contribution in [0.4, 0.5) is 5.69 Å². The van der Waals surface area contributed by atoms with E-state index >= 15 is 0 Å². The van der Waals surface area contributed by atoms with E-state index in [4.69, 9.17) is 4.74 Å². The topological polar surface area (TPSA) is 70.6 Å². The summed E-state index contributed by atoms with van der Waals surface area (Å²) in [6.45, 7) is 0.481. The largest absolute Gasteiger partial charge is 0.507 e. The number of nitrogens with one attached hydrogen (secondary N) is 2. The molecule has 0 radical (unpaired) electrons. The summed E-state index contributed by atoms with van der Waals surface area (Å²) in [7, 11) is 3.15. The summed E-state index contributed by atoms with van der Waals surface area (Å²) in [5.41, 5.74) is 2.25. The number of carbonyl (C=O) groups is 1. The minimum atomic E-state index is -0.116. The van der Waals surface area contributed by atoms with Crippen LogP contribution in [0.5, 0.6) is 11.5 Å². The van der Waals surface area contributed by atoms with Crippen LogP contribution < -0.4 is 15.4 Å². The zero-order chi connectivity index (χ0) is 15.2. The number of ether oxygens (including phenoxy) is 1. The predicted octanol–water partition coefficient (Wildman–Crippen LogP) is 2.37. The lowest BCUT2D eigenvalue weighted by molar-refractivity contribution is 0.0963. The fourth-order valence-electron chi connectivity index (χ4n) is 1.90. The highest BCUT2D eigenvalue weighted by Gasteiger charge is 2.04. The molecule has 0 heterocycles. The lowest BCUT2D eigenvalue weighted by Crippen LogP contribution is -2.17. The average molecular weight is 286 g/mol. The summed E-state index contributed by atoms with van der Waals surface area (Å²) in [6, 6.07) is 12.3. The quantitative estimate of drug-likeness (QED) is 0.789. The van der Waals surface area contributed by atoms with Gasteiger partial charge in [-0.15, -0.1) is 0 Å². The van der Waals surface area contributed by atoms with E-state index in [1.165, 1.54) is 0 Å². The van der Waals surface area contributed by atoms with Gasteiger partial charge >= 0.3 is 0 Å². The van der Waals surface area contributed by atoms with Crippen LogP contribution in [-0.2, 0) is 6.54 Å². The molecule has 5 nitrogen and oxygen atoms in total. The van der Waals surface area contributed by atoms with Gasteiger partial charge in [0.25, 0.3) is 5.91 Å². The highest BCUT2D eigenvalue weighted by Crippen LogP contribution is 2.24. The van der Waals surface area contributed by atoms with Crippen LogP contribution in [0.25, 0.3) is 0 Å². The molecule has 2 aromatic carbocycles. The molecule has 0 aliphatic heterocycles. The SMILES string of the molecule is CNC(=O)c1ccc(NCc2ccc(OC)cc2O)cc1. The average Bonchev–Trinajstić information content (AvgIpc) is 2.53. The van der Waals surface area contributed by atoms with Crippen molar-refractivity contribution in [3.63, 3.8) is 0 Å². The van der Waals surface area contributed by atoms with Gasteiger partial charge in [-0.05, 0) is 36.4 Å². The third kappa shape index (κ3) is 3.66. The number of hydrogen-bond acceptors (Lipinski definition) is 4. The number of aromatic hydroxyl groups is 1. The van der Waals surface area contributed by atoms with E-state index in [1.807, 2.05) is 12.1 Å². The molecule has 3 N–H and O–H groups in total. The monoisotopic (exact) mass is 286 g/mol. The Bertz CT molecular complexity index is 624. The first-order valence-electron chi connectivity index (χ1n) is 6.56. The van der Waals surface area contributed by atoms with Crippen molar-refractivity contribution in [1.29, 1.82) is 0 Å². The predicted molar refractivity (Wildman–Crippen MR) is 81.8 cm³/mol. The van der Waals surface area contributed by atoms with E-state index in [0.29, 0.717) is 17.9 Å². The summed E-state index contributed by atoms with van der Waals surface area (Å²) in [6.07, 6.45) is 0. The number of carbonyl (C=O) groups excluding carboxylic acids is 1. The van der Waals surface area contributed by atoms with Crippen molar-refractivity contribution in [1.82, 2.24) is 5.32 Å². The minimum absolute atomic E-state index is 0.116. The van der Waals surface area contributed by atoms with Crippen molar-refractivity contribution in [2.75, 3.05) is 19.5 Å². The lowest BCUT2D eigenvalue weighted by Gasteiger charge is -2.10. The third-order valence-corrected chi connectivity index (χ3v) is 3.15. The van der Waals surface area contributed by atoms with E-state index in [1.54, 1.807) is 44.5 Å². The van der Waals surface area contributed by atoms with Crippen molar-refractivity contribution >= 4 is 11.6 Å². The third-order valence-electron chi connectivity index (χ3n) is 3.15. The van der Waals surface area contributed by atoms with Gasteiger partial charge in [0.15, 0.2) is 0 Å².